The van der Waals surface area contributed by atoms with Gasteiger partial charge in [-0.3, -0.25) is 0 Å². The molecule has 0 aromatic heterocycles. The van der Waals surface area contributed by atoms with Crippen molar-refractivity contribution in [3.8, 4) is 28.0 Å². The third kappa shape index (κ3) is 3.13. The molecular formula is C21H17Cl2NO. The Labute approximate surface area is 157 Å². The van der Waals surface area contributed by atoms with Gasteiger partial charge in [0, 0.05) is 34.1 Å². The van der Waals surface area contributed by atoms with Crippen LogP contribution in [0.25, 0.3) is 22.3 Å². The molecule has 2 N–H and O–H groups in total. The van der Waals surface area contributed by atoms with Crippen LogP contribution >= 0.6 is 23.2 Å². The molecule has 3 aromatic rings. The molecule has 0 saturated carbocycles. The summed E-state index contributed by atoms with van der Waals surface area (Å²) in [6.45, 7) is 0.484. The number of rotatable bonds is 3. The highest BCUT2D eigenvalue weighted by Gasteiger charge is 2.26. The topological polar surface area (TPSA) is 35.2 Å². The number of fused-ring (bicyclic) bond motifs is 1. The Bertz CT molecular complexity index is 925. The predicted molar refractivity (Wildman–Crippen MR) is 105 cm³/mol. The molecule has 1 heterocycles. The van der Waals surface area contributed by atoms with E-state index in [0.717, 1.165) is 40.0 Å². The Morgan fingerprint density at radius 1 is 0.920 bits per heavy atom. The Morgan fingerprint density at radius 2 is 1.72 bits per heavy atom. The molecule has 0 aliphatic carbocycles. The highest BCUT2D eigenvalue weighted by molar-refractivity contribution is 6.35. The number of halogens is 2. The van der Waals surface area contributed by atoms with Crippen LogP contribution in [0.5, 0.6) is 5.75 Å². The molecule has 1 aliphatic heterocycles. The fourth-order valence-electron chi connectivity index (χ4n) is 3.27. The standard InChI is InChI=1S/C21H17Cl2NO/c22-16-6-7-20(23)18(11-16)19-10-14(13-4-2-1-3-5-13)8-15-9-17(12-24)25-21(15)19/h1-8,10-11,17H,9,12,24H2. The number of nitrogens with two attached hydrogens (primary N) is 1. The van der Waals surface area contributed by atoms with Crippen LogP contribution in [0, 0.1) is 0 Å². The SMILES string of the molecule is NCC1Cc2cc(-c3ccccc3)cc(-c3cc(Cl)ccc3Cl)c2O1. The van der Waals surface area contributed by atoms with Crippen molar-refractivity contribution in [3.05, 3.63) is 76.3 Å². The van der Waals surface area contributed by atoms with Crippen LogP contribution in [0.4, 0.5) is 0 Å². The van der Waals surface area contributed by atoms with E-state index in [4.69, 9.17) is 33.7 Å². The fraction of sp³-hybridized carbons (Fsp3) is 0.143. The first-order chi connectivity index (χ1) is 12.2. The minimum Gasteiger partial charge on any atom is -0.488 e. The summed E-state index contributed by atoms with van der Waals surface area (Å²) in [6, 6.07) is 20.1. The van der Waals surface area contributed by atoms with Crippen molar-refractivity contribution in [3.63, 3.8) is 0 Å². The van der Waals surface area contributed by atoms with Crippen molar-refractivity contribution in [2.75, 3.05) is 6.54 Å². The Kier molecular flexibility index (Phi) is 4.43. The maximum Gasteiger partial charge on any atom is 0.131 e. The Morgan fingerprint density at radius 3 is 2.48 bits per heavy atom. The maximum absolute atomic E-state index is 6.46. The van der Waals surface area contributed by atoms with Crippen LogP contribution in [-0.2, 0) is 6.42 Å². The van der Waals surface area contributed by atoms with E-state index in [2.05, 4.69) is 24.3 Å². The van der Waals surface area contributed by atoms with Crippen LogP contribution in [0.15, 0.2) is 60.7 Å². The first-order valence-electron chi connectivity index (χ1n) is 8.20. The van der Waals surface area contributed by atoms with E-state index in [0.29, 0.717) is 16.6 Å². The molecule has 126 valence electrons. The van der Waals surface area contributed by atoms with Gasteiger partial charge in [0.2, 0.25) is 0 Å². The molecule has 1 unspecified atom stereocenters. The molecule has 1 atom stereocenters. The lowest BCUT2D eigenvalue weighted by Crippen LogP contribution is -2.24. The van der Waals surface area contributed by atoms with Gasteiger partial charge in [0.25, 0.3) is 0 Å². The molecule has 0 spiro atoms. The molecule has 4 rings (SSSR count). The summed E-state index contributed by atoms with van der Waals surface area (Å²) in [5, 5.41) is 1.29. The van der Waals surface area contributed by atoms with Gasteiger partial charge >= 0.3 is 0 Å². The summed E-state index contributed by atoms with van der Waals surface area (Å²) in [5.41, 5.74) is 11.1. The van der Waals surface area contributed by atoms with Crippen LogP contribution in [-0.4, -0.2) is 12.6 Å². The van der Waals surface area contributed by atoms with Crippen molar-refractivity contribution >= 4 is 23.2 Å². The first-order valence-corrected chi connectivity index (χ1v) is 8.96. The van der Waals surface area contributed by atoms with E-state index in [1.807, 2.05) is 30.3 Å². The molecule has 0 amide bonds. The van der Waals surface area contributed by atoms with Gasteiger partial charge in [-0.2, -0.15) is 0 Å². The molecule has 0 radical (unpaired) electrons. The van der Waals surface area contributed by atoms with E-state index < -0.39 is 0 Å². The van der Waals surface area contributed by atoms with Crippen molar-refractivity contribution in [2.24, 2.45) is 5.73 Å². The summed E-state index contributed by atoms with van der Waals surface area (Å²) < 4.78 is 6.10. The fourth-order valence-corrected chi connectivity index (χ4v) is 3.66. The zero-order valence-corrected chi connectivity index (χ0v) is 15.0. The lowest BCUT2D eigenvalue weighted by molar-refractivity contribution is 0.242. The van der Waals surface area contributed by atoms with Gasteiger partial charge in [0.1, 0.15) is 11.9 Å². The highest BCUT2D eigenvalue weighted by atomic mass is 35.5. The largest absolute Gasteiger partial charge is 0.488 e. The molecule has 2 nitrogen and oxygen atoms in total. The monoisotopic (exact) mass is 369 g/mol. The third-order valence-electron chi connectivity index (χ3n) is 4.49. The second kappa shape index (κ2) is 6.72. The van der Waals surface area contributed by atoms with Crippen LogP contribution in [0.2, 0.25) is 10.0 Å². The van der Waals surface area contributed by atoms with Crippen molar-refractivity contribution in [1.29, 1.82) is 0 Å². The van der Waals surface area contributed by atoms with Crippen LogP contribution < -0.4 is 10.5 Å². The zero-order chi connectivity index (χ0) is 17.4. The van der Waals surface area contributed by atoms with E-state index in [1.54, 1.807) is 6.07 Å². The predicted octanol–water partition coefficient (Wildman–Crippen LogP) is 5.59. The van der Waals surface area contributed by atoms with Gasteiger partial charge in [0.05, 0.1) is 0 Å². The Balaban J connectivity index is 1.94. The molecule has 0 fully saturated rings. The zero-order valence-electron chi connectivity index (χ0n) is 13.5. The highest BCUT2D eigenvalue weighted by Crippen LogP contribution is 2.44. The number of benzene rings is 3. The molecule has 4 heteroatoms. The first kappa shape index (κ1) is 16.5. The molecule has 1 aliphatic rings. The molecule has 3 aromatic carbocycles. The smallest absolute Gasteiger partial charge is 0.131 e. The normalized spacial score (nSPS) is 15.7. The quantitative estimate of drug-likeness (QED) is 0.652. The lowest BCUT2D eigenvalue weighted by Gasteiger charge is -2.14. The van der Waals surface area contributed by atoms with Crippen LogP contribution in [0.1, 0.15) is 5.56 Å². The second-order valence-electron chi connectivity index (χ2n) is 6.18. The second-order valence-corrected chi connectivity index (χ2v) is 7.03. The van der Waals surface area contributed by atoms with Gasteiger partial charge in [0.15, 0.2) is 0 Å². The van der Waals surface area contributed by atoms with Crippen LogP contribution in [0.3, 0.4) is 0 Å². The Hall–Kier alpha value is -2.00. The van der Waals surface area contributed by atoms with Gasteiger partial charge in [-0.15, -0.1) is 0 Å². The molecule has 25 heavy (non-hydrogen) atoms. The van der Waals surface area contributed by atoms with Gasteiger partial charge in [-0.1, -0.05) is 53.5 Å². The summed E-state index contributed by atoms with van der Waals surface area (Å²) in [5.74, 6) is 0.860. The van der Waals surface area contributed by atoms with E-state index in [1.165, 1.54) is 0 Å². The van der Waals surface area contributed by atoms with Crippen molar-refractivity contribution in [1.82, 2.24) is 0 Å². The lowest BCUT2D eigenvalue weighted by atomic mass is 9.94. The molecular weight excluding hydrogens is 353 g/mol. The summed E-state index contributed by atoms with van der Waals surface area (Å²) in [6.07, 6.45) is 0.801. The summed E-state index contributed by atoms with van der Waals surface area (Å²) >= 11 is 12.7. The molecule has 0 saturated heterocycles. The van der Waals surface area contributed by atoms with E-state index >= 15 is 0 Å². The van der Waals surface area contributed by atoms with Crippen molar-refractivity contribution in [2.45, 2.75) is 12.5 Å². The summed E-state index contributed by atoms with van der Waals surface area (Å²) in [4.78, 5) is 0. The number of hydrogen-bond donors (Lipinski definition) is 1. The number of hydrogen-bond acceptors (Lipinski definition) is 2. The minimum atomic E-state index is -0.00210. The van der Waals surface area contributed by atoms with Gasteiger partial charge < -0.3 is 10.5 Å². The summed E-state index contributed by atoms with van der Waals surface area (Å²) in [7, 11) is 0. The maximum atomic E-state index is 6.46. The average Bonchev–Trinajstić information content (AvgIpc) is 3.07. The average molecular weight is 370 g/mol. The van der Waals surface area contributed by atoms with Crippen molar-refractivity contribution < 1.29 is 4.74 Å². The minimum absolute atomic E-state index is 0.00210. The van der Waals surface area contributed by atoms with Gasteiger partial charge in [-0.05, 0) is 47.0 Å². The third-order valence-corrected chi connectivity index (χ3v) is 5.05. The van der Waals surface area contributed by atoms with Gasteiger partial charge in [-0.25, -0.2) is 0 Å². The van der Waals surface area contributed by atoms with E-state index in [9.17, 15) is 0 Å². The van der Waals surface area contributed by atoms with E-state index in [-0.39, 0.29) is 6.10 Å². The number of ether oxygens (including phenoxy) is 1. The molecule has 0 bridgehead atoms.